The standard InChI is InChI=1S/C17H34N4O3/c1-11(2)10-19-16(23)13(5)20-17(24)15(12(3)4)21-14(22)8-6-7-9-18/h11-13,15H,6-10,18H2,1-5H3,(H,19,23)(H,20,24)(H,21,22)/t13-,15-/m0/s1. The second kappa shape index (κ2) is 11.8. The average Bonchev–Trinajstić information content (AvgIpc) is 2.49. The molecule has 0 aliphatic heterocycles. The zero-order valence-electron chi connectivity index (χ0n) is 15.6. The van der Waals surface area contributed by atoms with Gasteiger partial charge < -0.3 is 21.7 Å². The molecule has 0 aromatic rings. The molecule has 0 aromatic carbocycles. The lowest BCUT2D eigenvalue weighted by Crippen LogP contribution is -2.54. The fourth-order valence-electron chi connectivity index (χ4n) is 2.04. The number of hydrogen-bond donors (Lipinski definition) is 4. The summed E-state index contributed by atoms with van der Waals surface area (Å²) >= 11 is 0. The van der Waals surface area contributed by atoms with Gasteiger partial charge in [0.05, 0.1) is 0 Å². The molecule has 0 unspecified atom stereocenters. The Labute approximate surface area is 145 Å². The lowest BCUT2D eigenvalue weighted by Gasteiger charge is -2.24. The molecule has 0 saturated carbocycles. The molecule has 7 nitrogen and oxygen atoms in total. The van der Waals surface area contributed by atoms with Crippen LogP contribution >= 0.6 is 0 Å². The molecule has 0 saturated heterocycles. The van der Waals surface area contributed by atoms with Gasteiger partial charge in [-0.2, -0.15) is 0 Å². The summed E-state index contributed by atoms with van der Waals surface area (Å²) in [5.74, 6) is -0.477. The summed E-state index contributed by atoms with van der Waals surface area (Å²) in [6, 6.07) is -1.30. The molecule has 0 spiro atoms. The van der Waals surface area contributed by atoms with Crippen LogP contribution in [0.5, 0.6) is 0 Å². The Morgan fingerprint density at radius 1 is 0.917 bits per heavy atom. The zero-order chi connectivity index (χ0) is 18.7. The largest absolute Gasteiger partial charge is 0.354 e. The normalized spacial score (nSPS) is 13.5. The van der Waals surface area contributed by atoms with E-state index in [0.717, 1.165) is 6.42 Å². The summed E-state index contributed by atoms with van der Waals surface area (Å²) in [4.78, 5) is 36.2. The maximum atomic E-state index is 12.4. The molecule has 0 radical (unpaired) electrons. The second-order valence-electron chi connectivity index (χ2n) is 6.90. The van der Waals surface area contributed by atoms with E-state index in [1.54, 1.807) is 6.92 Å². The van der Waals surface area contributed by atoms with Crippen LogP contribution in [0.2, 0.25) is 0 Å². The van der Waals surface area contributed by atoms with Crippen LogP contribution in [-0.4, -0.2) is 42.9 Å². The van der Waals surface area contributed by atoms with Crippen molar-refractivity contribution in [2.75, 3.05) is 13.1 Å². The molecule has 5 N–H and O–H groups in total. The van der Waals surface area contributed by atoms with E-state index in [9.17, 15) is 14.4 Å². The molecular weight excluding hydrogens is 308 g/mol. The highest BCUT2D eigenvalue weighted by atomic mass is 16.2. The first-order chi connectivity index (χ1) is 11.2. The Balaban J connectivity index is 4.52. The van der Waals surface area contributed by atoms with Crippen LogP contribution in [0, 0.1) is 11.8 Å². The van der Waals surface area contributed by atoms with Crippen molar-refractivity contribution < 1.29 is 14.4 Å². The van der Waals surface area contributed by atoms with Crippen molar-refractivity contribution in [1.29, 1.82) is 0 Å². The molecule has 0 bridgehead atoms. The van der Waals surface area contributed by atoms with Crippen LogP contribution in [0.3, 0.4) is 0 Å². The fourth-order valence-corrected chi connectivity index (χ4v) is 2.04. The number of rotatable bonds is 11. The van der Waals surface area contributed by atoms with Crippen molar-refractivity contribution in [3.8, 4) is 0 Å². The van der Waals surface area contributed by atoms with E-state index in [0.29, 0.717) is 31.8 Å². The van der Waals surface area contributed by atoms with Crippen LogP contribution in [0.25, 0.3) is 0 Å². The molecule has 140 valence electrons. The zero-order valence-corrected chi connectivity index (χ0v) is 15.6. The van der Waals surface area contributed by atoms with E-state index >= 15 is 0 Å². The maximum absolute atomic E-state index is 12.4. The van der Waals surface area contributed by atoms with Gasteiger partial charge in [-0.05, 0) is 38.1 Å². The summed E-state index contributed by atoms with van der Waals surface area (Å²) in [6.45, 7) is 10.4. The number of nitrogens with two attached hydrogens (primary N) is 1. The van der Waals surface area contributed by atoms with Crippen molar-refractivity contribution >= 4 is 17.7 Å². The van der Waals surface area contributed by atoms with Gasteiger partial charge in [-0.25, -0.2) is 0 Å². The first kappa shape index (κ1) is 22.4. The summed E-state index contributed by atoms with van der Waals surface area (Å²) in [6.07, 6.45) is 1.82. The number of unbranched alkanes of at least 4 members (excludes halogenated alkanes) is 1. The van der Waals surface area contributed by atoms with Crippen LogP contribution in [0.4, 0.5) is 0 Å². The van der Waals surface area contributed by atoms with Crippen molar-refractivity contribution in [3.63, 3.8) is 0 Å². The van der Waals surface area contributed by atoms with Gasteiger partial charge in [0.15, 0.2) is 0 Å². The summed E-state index contributed by atoms with van der Waals surface area (Å²) in [5, 5.41) is 8.20. The van der Waals surface area contributed by atoms with Crippen molar-refractivity contribution in [2.24, 2.45) is 17.6 Å². The summed E-state index contributed by atoms with van der Waals surface area (Å²) in [5.41, 5.74) is 5.41. The fraction of sp³-hybridized carbons (Fsp3) is 0.824. The van der Waals surface area contributed by atoms with E-state index in [1.165, 1.54) is 0 Å². The smallest absolute Gasteiger partial charge is 0.243 e. The first-order valence-electron chi connectivity index (χ1n) is 8.76. The molecule has 0 aliphatic carbocycles. The minimum atomic E-state index is -0.657. The van der Waals surface area contributed by atoms with Crippen LogP contribution in [0.1, 0.15) is 53.9 Å². The van der Waals surface area contributed by atoms with Crippen LogP contribution < -0.4 is 21.7 Å². The Bertz CT molecular complexity index is 411. The Hall–Kier alpha value is -1.63. The lowest BCUT2D eigenvalue weighted by molar-refractivity contribution is -0.132. The topological polar surface area (TPSA) is 113 Å². The number of hydrogen-bond acceptors (Lipinski definition) is 4. The maximum Gasteiger partial charge on any atom is 0.243 e. The third-order valence-electron chi connectivity index (χ3n) is 3.56. The molecule has 0 rings (SSSR count). The highest BCUT2D eigenvalue weighted by molar-refractivity contribution is 5.92. The van der Waals surface area contributed by atoms with Crippen molar-refractivity contribution in [3.05, 3.63) is 0 Å². The molecule has 7 heteroatoms. The van der Waals surface area contributed by atoms with Gasteiger partial charge >= 0.3 is 0 Å². The van der Waals surface area contributed by atoms with E-state index in [1.807, 2.05) is 27.7 Å². The molecule has 24 heavy (non-hydrogen) atoms. The van der Waals surface area contributed by atoms with Gasteiger partial charge in [-0.1, -0.05) is 27.7 Å². The number of nitrogens with one attached hydrogen (secondary N) is 3. The highest BCUT2D eigenvalue weighted by Gasteiger charge is 2.26. The van der Waals surface area contributed by atoms with E-state index in [-0.39, 0.29) is 23.6 Å². The van der Waals surface area contributed by atoms with Crippen molar-refractivity contribution in [2.45, 2.75) is 66.0 Å². The number of carbonyl (C=O) groups excluding carboxylic acids is 3. The molecule has 0 heterocycles. The van der Waals surface area contributed by atoms with E-state index in [4.69, 9.17) is 5.73 Å². The minimum Gasteiger partial charge on any atom is -0.354 e. The van der Waals surface area contributed by atoms with Gasteiger partial charge in [-0.15, -0.1) is 0 Å². The average molecular weight is 342 g/mol. The monoisotopic (exact) mass is 342 g/mol. The summed E-state index contributed by atoms with van der Waals surface area (Å²) < 4.78 is 0. The van der Waals surface area contributed by atoms with E-state index in [2.05, 4.69) is 16.0 Å². The Kier molecular flexibility index (Phi) is 11.0. The van der Waals surface area contributed by atoms with Gasteiger partial charge in [0.1, 0.15) is 12.1 Å². The molecule has 2 atom stereocenters. The van der Waals surface area contributed by atoms with Gasteiger partial charge in [0, 0.05) is 13.0 Å². The Morgan fingerprint density at radius 2 is 1.54 bits per heavy atom. The second-order valence-corrected chi connectivity index (χ2v) is 6.90. The van der Waals surface area contributed by atoms with Crippen molar-refractivity contribution in [1.82, 2.24) is 16.0 Å². The molecular formula is C17H34N4O3. The number of amides is 3. The van der Waals surface area contributed by atoms with Crippen LogP contribution in [0.15, 0.2) is 0 Å². The van der Waals surface area contributed by atoms with E-state index < -0.39 is 12.1 Å². The number of carbonyl (C=O) groups is 3. The molecule has 0 fully saturated rings. The third kappa shape index (κ3) is 9.50. The SMILES string of the molecule is CC(C)CNC(=O)[C@H](C)NC(=O)[C@@H](NC(=O)CCCCN)C(C)C. The van der Waals surface area contributed by atoms with Gasteiger partial charge in [0.2, 0.25) is 17.7 Å². The van der Waals surface area contributed by atoms with Gasteiger partial charge in [0.25, 0.3) is 0 Å². The predicted octanol–water partition coefficient (Wildman–Crippen LogP) is 0.533. The first-order valence-corrected chi connectivity index (χ1v) is 8.76. The predicted molar refractivity (Wildman–Crippen MR) is 95.1 cm³/mol. The quantitative estimate of drug-likeness (QED) is 0.410. The molecule has 3 amide bonds. The van der Waals surface area contributed by atoms with Crippen LogP contribution in [-0.2, 0) is 14.4 Å². The molecule has 0 aromatic heterocycles. The molecule has 0 aliphatic rings. The minimum absolute atomic E-state index is 0.0746. The Morgan fingerprint density at radius 3 is 2.04 bits per heavy atom. The third-order valence-corrected chi connectivity index (χ3v) is 3.56. The lowest BCUT2D eigenvalue weighted by atomic mass is 10.0. The van der Waals surface area contributed by atoms with Gasteiger partial charge in [-0.3, -0.25) is 14.4 Å². The summed E-state index contributed by atoms with van der Waals surface area (Å²) in [7, 11) is 0. The highest BCUT2D eigenvalue weighted by Crippen LogP contribution is 2.04.